The highest BCUT2D eigenvalue weighted by atomic mass is 16.5. The number of carbonyl (C=O) groups is 2. The standard InChI is InChI=1S/C23H23N3O5/c27-19(16-26-23(29)31-21(24-26)18-12-6-2-7-13-18)30-20(17-10-4-1-5-11-17)22(28)25-14-8-3-9-15-25/h1-2,4-7,10-13,20H,3,8-9,14-16H2/t20-/m0/s1. The molecule has 1 amide bonds. The van der Waals surface area contributed by atoms with Crippen LogP contribution in [0.15, 0.2) is 69.9 Å². The van der Waals surface area contributed by atoms with Gasteiger partial charge in [0, 0.05) is 24.2 Å². The second-order valence-corrected chi connectivity index (χ2v) is 7.36. The molecule has 1 fully saturated rings. The monoisotopic (exact) mass is 421 g/mol. The first-order valence-electron chi connectivity index (χ1n) is 10.3. The molecule has 8 nitrogen and oxygen atoms in total. The van der Waals surface area contributed by atoms with Crippen molar-refractivity contribution in [1.29, 1.82) is 0 Å². The molecule has 1 aliphatic rings. The minimum atomic E-state index is -1.07. The number of benzene rings is 2. The van der Waals surface area contributed by atoms with Crippen molar-refractivity contribution in [1.82, 2.24) is 14.7 Å². The summed E-state index contributed by atoms with van der Waals surface area (Å²) in [5.41, 5.74) is 1.21. The number of hydrogen-bond donors (Lipinski definition) is 0. The highest BCUT2D eigenvalue weighted by Gasteiger charge is 2.30. The smallest absolute Gasteiger partial charge is 0.437 e. The van der Waals surface area contributed by atoms with Gasteiger partial charge < -0.3 is 14.1 Å². The van der Waals surface area contributed by atoms with E-state index in [1.807, 2.05) is 12.1 Å². The summed E-state index contributed by atoms with van der Waals surface area (Å²) in [6.45, 7) is 0.831. The zero-order valence-corrected chi connectivity index (χ0v) is 17.0. The zero-order valence-electron chi connectivity index (χ0n) is 17.0. The van der Waals surface area contributed by atoms with E-state index in [0.717, 1.165) is 23.9 Å². The van der Waals surface area contributed by atoms with Crippen LogP contribution in [0.3, 0.4) is 0 Å². The molecule has 3 aromatic rings. The molecule has 2 aromatic carbocycles. The molecule has 2 heterocycles. The van der Waals surface area contributed by atoms with Crippen LogP contribution in [0.1, 0.15) is 30.9 Å². The van der Waals surface area contributed by atoms with Gasteiger partial charge in [-0.25, -0.2) is 4.79 Å². The zero-order chi connectivity index (χ0) is 21.6. The number of nitrogens with zero attached hydrogens (tertiary/aromatic N) is 3. The Hall–Kier alpha value is -3.68. The lowest BCUT2D eigenvalue weighted by molar-refractivity contribution is -0.162. The largest absolute Gasteiger partial charge is 0.446 e. The first-order valence-corrected chi connectivity index (χ1v) is 10.3. The van der Waals surface area contributed by atoms with Crippen molar-refractivity contribution in [2.45, 2.75) is 31.9 Å². The van der Waals surface area contributed by atoms with Gasteiger partial charge in [-0.1, -0.05) is 48.5 Å². The number of piperidine rings is 1. The number of ether oxygens (including phenoxy) is 1. The molecule has 31 heavy (non-hydrogen) atoms. The lowest BCUT2D eigenvalue weighted by Gasteiger charge is -2.30. The van der Waals surface area contributed by atoms with Crippen LogP contribution in [-0.4, -0.2) is 39.6 Å². The summed E-state index contributed by atoms with van der Waals surface area (Å²) in [5.74, 6) is -1.65. The van der Waals surface area contributed by atoms with Gasteiger partial charge in [-0.05, 0) is 31.4 Å². The van der Waals surface area contributed by atoms with Gasteiger partial charge in [0.05, 0.1) is 0 Å². The van der Waals surface area contributed by atoms with Crippen LogP contribution in [-0.2, 0) is 20.9 Å². The van der Waals surface area contributed by atoms with E-state index in [4.69, 9.17) is 9.15 Å². The fourth-order valence-corrected chi connectivity index (χ4v) is 3.56. The number of hydrogen-bond acceptors (Lipinski definition) is 6. The Balaban J connectivity index is 1.51. The molecule has 0 N–H and O–H groups in total. The van der Waals surface area contributed by atoms with Crippen LogP contribution >= 0.6 is 0 Å². The average Bonchev–Trinajstić information content (AvgIpc) is 3.19. The summed E-state index contributed by atoms with van der Waals surface area (Å²) in [5, 5.41) is 4.08. The van der Waals surface area contributed by atoms with Gasteiger partial charge in [0.25, 0.3) is 5.91 Å². The highest BCUT2D eigenvalue weighted by Crippen LogP contribution is 2.23. The molecule has 8 heteroatoms. The lowest BCUT2D eigenvalue weighted by Crippen LogP contribution is -2.40. The molecular formula is C23H23N3O5. The Morgan fingerprint density at radius 1 is 0.968 bits per heavy atom. The molecule has 1 saturated heterocycles. The number of esters is 1. The summed E-state index contributed by atoms with van der Waals surface area (Å²) >= 11 is 0. The van der Waals surface area contributed by atoms with Crippen molar-refractivity contribution in [3.63, 3.8) is 0 Å². The van der Waals surface area contributed by atoms with E-state index >= 15 is 0 Å². The number of rotatable bonds is 6. The third kappa shape index (κ3) is 4.91. The number of aromatic nitrogens is 2. The van der Waals surface area contributed by atoms with E-state index < -0.39 is 24.4 Å². The van der Waals surface area contributed by atoms with Gasteiger partial charge in [0.1, 0.15) is 6.54 Å². The molecule has 0 radical (unpaired) electrons. The predicted octanol–water partition coefficient (Wildman–Crippen LogP) is 2.80. The third-order valence-electron chi connectivity index (χ3n) is 5.15. The van der Waals surface area contributed by atoms with E-state index in [1.54, 1.807) is 53.4 Å². The number of likely N-dealkylation sites (tertiary alicyclic amines) is 1. The molecule has 0 saturated carbocycles. The summed E-state index contributed by atoms with van der Waals surface area (Å²) in [4.78, 5) is 39.6. The molecule has 0 aliphatic carbocycles. The lowest BCUT2D eigenvalue weighted by atomic mass is 10.1. The van der Waals surface area contributed by atoms with Crippen LogP contribution in [0, 0.1) is 0 Å². The molecule has 1 atom stereocenters. The second-order valence-electron chi connectivity index (χ2n) is 7.36. The minimum absolute atomic E-state index is 0.113. The molecule has 1 aliphatic heterocycles. The van der Waals surface area contributed by atoms with Gasteiger partial charge in [-0.3, -0.25) is 9.59 Å². The quantitative estimate of drug-likeness (QED) is 0.568. The van der Waals surface area contributed by atoms with E-state index in [9.17, 15) is 14.4 Å². The number of carbonyl (C=O) groups excluding carboxylic acids is 2. The molecule has 0 bridgehead atoms. The maximum absolute atomic E-state index is 13.1. The summed E-state index contributed by atoms with van der Waals surface area (Å²) in [6, 6.07) is 17.8. The van der Waals surface area contributed by atoms with Crippen molar-refractivity contribution in [3.05, 3.63) is 76.8 Å². The van der Waals surface area contributed by atoms with Crippen LogP contribution in [0.4, 0.5) is 0 Å². The summed E-state index contributed by atoms with van der Waals surface area (Å²) in [6.07, 6.45) is 1.87. The Labute approximate surface area is 179 Å². The van der Waals surface area contributed by atoms with Crippen LogP contribution in [0.5, 0.6) is 0 Å². The van der Waals surface area contributed by atoms with E-state index in [2.05, 4.69) is 5.10 Å². The maximum atomic E-state index is 13.1. The normalized spacial score (nSPS) is 14.8. The van der Waals surface area contributed by atoms with E-state index in [1.165, 1.54) is 0 Å². The fourth-order valence-electron chi connectivity index (χ4n) is 3.56. The van der Waals surface area contributed by atoms with Gasteiger partial charge in [-0.2, -0.15) is 4.68 Å². The number of amides is 1. The van der Waals surface area contributed by atoms with Gasteiger partial charge in [-0.15, -0.1) is 5.10 Å². The molecular weight excluding hydrogens is 398 g/mol. The topological polar surface area (TPSA) is 94.6 Å². The Kier molecular flexibility index (Phi) is 6.26. The Bertz CT molecular complexity index is 1090. The van der Waals surface area contributed by atoms with Gasteiger partial charge >= 0.3 is 11.7 Å². The first-order chi connectivity index (χ1) is 15.1. The maximum Gasteiger partial charge on any atom is 0.437 e. The third-order valence-corrected chi connectivity index (χ3v) is 5.15. The predicted molar refractivity (Wildman–Crippen MR) is 112 cm³/mol. The van der Waals surface area contributed by atoms with E-state index in [0.29, 0.717) is 24.2 Å². The summed E-state index contributed by atoms with van der Waals surface area (Å²) in [7, 11) is 0. The molecule has 0 unspecified atom stereocenters. The fraction of sp³-hybridized carbons (Fsp3) is 0.304. The average molecular weight is 421 g/mol. The van der Waals surface area contributed by atoms with Crippen molar-refractivity contribution >= 4 is 11.9 Å². The van der Waals surface area contributed by atoms with Crippen LogP contribution < -0.4 is 5.76 Å². The first kappa shape index (κ1) is 20.6. The molecule has 160 valence electrons. The Morgan fingerprint density at radius 2 is 1.61 bits per heavy atom. The van der Waals surface area contributed by atoms with Gasteiger partial charge in [0.2, 0.25) is 12.0 Å². The van der Waals surface area contributed by atoms with E-state index in [-0.39, 0.29) is 11.8 Å². The van der Waals surface area contributed by atoms with Crippen LogP contribution in [0.2, 0.25) is 0 Å². The van der Waals surface area contributed by atoms with Gasteiger partial charge in [0.15, 0.2) is 0 Å². The van der Waals surface area contributed by atoms with Crippen molar-refractivity contribution < 1.29 is 18.7 Å². The highest BCUT2D eigenvalue weighted by molar-refractivity contribution is 5.85. The van der Waals surface area contributed by atoms with Crippen LogP contribution in [0.25, 0.3) is 11.5 Å². The van der Waals surface area contributed by atoms with Crippen molar-refractivity contribution in [2.24, 2.45) is 0 Å². The summed E-state index contributed by atoms with van der Waals surface area (Å²) < 4.78 is 11.6. The van der Waals surface area contributed by atoms with Crippen molar-refractivity contribution in [3.8, 4) is 11.5 Å². The molecule has 1 aromatic heterocycles. The molecule has 0 spiro atoms. The minimum Gasteiger partial charge on any atom is -0.446 e. The Morgan fingerprint density at radius 3 is 2.29 bits per heavy atom. The molecule has 4 rings (SSSR count). The van der Waals surface area contributed by atoms with Crippen molar-refractivity contribution in [2.75, 3.05) is 13.1 Å². The second kappa shape index (κ2) is 9.42. The SMILES string of the molecule is O=C(Cn1nc(-c2ccccc2)oc1=O)O[C@H](C(=O)N1CCCCC1)c1ccccc1.